The average Bonchev–Trinajstić information content (AvgIpc) is 2.70. The highest BCUT2D eigenvalue weighted by atomic mass is 35.5. The monoisotopic (exact) mass is 300 g/mol. The number of benzene rings is 1. The fraction of sp³-hybridized carbons (Fsp3) is 0.462. The number of nitrogens with zero attached hydrogens (tertiary/aromatic N) is 1. The average molecular weight is 301 g/mol. The van der Waals surface area contributed by atoms with Crippen molar-refractivity contribution in [1.82, 2.24) is 4.98 Å². The summed E-state index contributed by atoms with van der Waals surface area (Å²) in [6, 6.07) is 6.31. The van der Waals surface area contributed by atoms with Gasteiger partial charge in [-0.25, -0.2) is 4.98 Å². The van der Waals surface area contributed by atoms with Gasteiger partial charge in [-0.2, -0.15) is 11.8 Å². The molecule has 2 nitrogen and oxygen atoms in total. The maximum Gasteiger partial charge on any atom is 0.184 e. The third kappa shape index (κ3) is 3.77. The molecule has 1 atom stereocenters. The topological polar surface area (TPSA) is 24.9 Å². The van der Waals surface area contributed by atoms with E-state index in [1.54, 1.807) is 11.3 Å². The molecular weight excluding hydrogens is 284 g/mol. The van der Waals surface area contributed by atoms with Gasteiger partial charge in [-0.05, 0) is 43.0 Å². The summed E-state index contributed by atoms with van der Waals surface area (Å²) in [4.78, 5) is 4.56. The van der Waals surface area contributed by atoms with Crippen LogP contribution in [0.1, 0.15) is 20.3 Å². The van der Waals surface area contributed by atoms with Crippen molar-refractivity contribution < 1.29 is 0 Å². The Morgan fingerprint density at radius 1 is 1.50 bits per heavy atom. The normalized spacial score (nSPS) is 12.8. The molecule has 1 aromatic carbocycles. The van der Waals surface area contributed by atoms with E-state index in [4.69, 9.17) is 11.6 Å². The van der Waals surface area contributed by atoms with Crippen LogP contribution < -0.4 is 5.32 Å². The third-order valence-electron chi connectivity index (χ3n) is 2.62. The minimum absolute atomic E-state index is 0.458. The van der Waals surface area contributed by atoms with Gasteiger partial charge in [0.25, 0.3) is 0 Å². The Hall–Kier alpha value is -0.450. The van der Waals surface area contributed by atoms with Gasteiger partial charge < -0.3 is 5.32 Å². The molecule has 0 bridgehead atoms. The van der Waals surface area contributed by atoms with E-state index in [9.17, 15) is 0 Å². The first kappa shape index (κ1) is 14.0. The number of rotatable bonds is 6. The van der Waals surface area contributed by atoms with E-state index < -0.39 is 0 Å². The first-order chi connectivity index (χ1) is 8.69. The van der Waals surface area contributed by atoms with E-state index in [1.807, 2.05) is 30.0 Å². The maximum atomic E-state index is 5.96. The predicted octanol–water partition coefficient (Wildman–Crippen LogP) is 4.89. The molecular formula is C13H17ClN2S2. The number of nitrogens with one attached hydrogen (secondary N) is 1. The summed E-state index contributed by atoms with van der Waals surface area (Å²) in [6.07, 6.45) is 1.16. The molecule has 98 valence electrons. The number of hydrogen-bond acceptors (Lipinski definition) is 4. The molecule has 1 aromatic heterocycles. The highest BCUT2D eigenvalue weighted by Gasteiger charge is 2.07. The van der Waals surface area contributed by atoms with Crippen LogP contribution in [0.15, 0.2) is 18.2 Å². The van der Waals surface area contributed by atoms with E-state index in [-0.39, 0.29) is 0 Å². The molecule has 1 N–H and O–H groups in total. The summed E-state index contributed by atoms with van der Waals surface area (Å²) in [5, 5.41) is 5.19. The molecule has 0 aliphatic rings. The largest absolute Gasteiger partial charge is 0.359 e. The lowest BCUT2D eigenvalue weighted by Crippen LogP contribution is -2.15. The molecule has 18 heavy (non-hydrogen) atoms. The van der Waals surface area contributed by atoms with Crippen molar-refractivity contribution in [1.29, 1.82) is 0 Å². The number of halogens is 1. The Bertz CT molecular complexity index is 513. The van der Waals surface area contributed by atoms with Gasteiger partial charge >= 0.3 is 0 Å². The van der Waals surface area contributed by atoms with Gasteiger partial charge in [0.2, 0.25) is 0 Å². The van der Waals surface area contributed by atoms with Crippen LogP contribution in [-0.4, -0.2) is 22.5 Å². The molecule has 1 unspecified atom stereocenters. The van der Waals surface area contributed by atoms with E-state index >= 15 is 0 Å². The molecule has 0 saturated carbocycles. The zero-order valence-electron chi connectivity index (χ0n) is 10.6. The highest BCUT2D eigenvalue weighted by Crippen LogP contribution is 2.28. The van der Waals surface area contributed by atoms with Crippen LogP contribution in [0, 0.1) is 0 Å². The zero-order valence-corrected chi connectivity index (χ0v) is 13.0. The quantitative estimate of drug-likeness (QED) is 0.769. The first-order valence-corrected chi connectivity index (χ1v) is 8.44. The summed E-state index contributed by atoms with van der Waals surface area (Å²) in [5.74, 6) is 2.38. The van der Waals surface area contributed by atoms with Gasteiger partial charge in [-0.15, -0.1) is 0 Å². The number of thioether (sulfide) groups is 1. The first-order valence-electron chi connectivity index (χ1n) is 6.09. The molecule has 2 aromatic rings. The standard InChI is InChI=1S/C13H17ClN2S2/c1-3-17-7-6-9(2)15-13-16-11-8-10(14)4-5-12(11)18-13/h4-5,8-9H,3,6-7H2,1-2H3,(H,15,16). The van der Waals surface area contributed by atoms with Crippen LogP contribution in [0.4, 0.5) is 5.13 Å². The van der Waals surface area contributed by atoms with Crippen LogP contribution in [0.3, 0.4) is 0 Å². The molecule has 0 spiro atoms. The Labute approximate surface area is 121 Å². The second-order valence-corrected chi connectivity index (χ2v) is 7.02. The molecule has 0 aliphatic carbocycles. The van der Waals surface area contributed by atoms with Gasteiger partial charge in [-0.1, -0.05) is 29.9 Å². The minimum Gasteiger partial charge on any atom is -0.359 e. The summed E-state index contributed by atoms with van der Waals surface area (Å²) < 4.78 is 1.18. The number of aromatic nitrogens is 1. The molecule has 0 saturated heterocycles. The van der Waals surface area contributed by atoms with E-state index in [1.165, 1.54) is 16.2 Å². The zero-order chi connectivity index (χ0) is 13.0. The molecule has 0 radical (unpaired) electrons. The lowest BCUT2D eigenvalue weighted by atomic mass is 10.3. The van der Waals surface area contributed by atoms with Gasteiger partial charge in [0.1, 0.15) is 0 Å². The molecule has 1 heterocycles. The van der Waals surface area contributed by atoms with E-state index in [0.717, 1.165) is 22.1 Å². The van der Waals surface area contributed by atoms with Crippen LogP contribution in [0.5, 0.6) is 0 Å². The molecule has 2 rings (SSSR count). The number of hydrogen-bond donors (Lipinski definition) is 1. The van der Waals surface area contributed by atoms with Crippen LogP contribution >= 0.6 is 34.7 Å². The fourth-order valence-electron chi connectivity index (χ4n) is 1.65. The van der Waals surface area contributed by atoms with Crippen molar-refractivity contribution in [3.63, 3.8) is 0 Å². The fourth-order valence-corrected chi connectivity index (χ4v) is 3.58. The highest BCUT2D eigenvalue weighted by molar-refractivity contribution is 7.99. The van der Waals surface area contributed by atoms with Crippen LogP contribution in [-0.2, 0) is 0 Å². The Morgan fingerprint density at radius 3 is 3.11 bits per heavy atom. The lowest BCUT2D eigenvalue weighted by molar-refractivity contribution is 0.771. The van der Waals surface area contributed by atoms with Crippen molar-refractivity contribution in [2.24, 2.45) is 0 Å². The number of fused-ring (bicyclic) bond motifs is 1. The van der Waals surface area contributed by atoms with Gasteiger partial charge in [0, 0.05) is 11.1 Å². The summed E-state index contributed by atoms with van der Waals surface area (Å²) in [7, 11) is 0. The summed E-state index contributed by atoms with van der Waals surface area (Å²) in [5.41, 5.74) is 0.977. The Kier molecular flexibility index (Phi) is 5.15. The lowest BCUT2D eigenvalue weighted by Gasteiger charge is -2.11. The third-order valence-corrected chi connectivity index (χ3v) is 4.75. The second kappa shape index (κ2) is 6.64. The summed E-state index contributed by atoms with van der Waals surface area (Å²) in [6.45, 7) is 4.40. The Balaban J connectivity index is 1.98. The molecule has 5 heteroatoms. The smallest absolute Gasteiger partial charge is 0.184 e. The van der Waals surface area contributed by atoms with E-state index in [0.29, 0.717) is 6.04 Å². The number of thiazole rings is 1. The molecule has 0 fully saturated rings. The van der Waals surface area contributed by atoms with Crippen LogP contribution in [0.25, 0.3) is 10.2 Å². The van der Waals surface area contributed by atoms with E-state index in [2.05, 4.69) is 24.1 Å². The van der Waals surface area contributed by atoms with Crippen molar-refractivity contribution in [3.05, 3.63) is 23.2 Å². The van der Waals surface area contributed by atoms with Gasteiger partial charge in [0.15, 0.2) is 5.13 Å². The van der Waals surface area contributed by atoms with Gasteiger partial charge in [-0.3, -0.25) is 0 Å². The Morgan fingerprint density at radius 2 is 2.33 bits per heavy atom. The second-order valence-electron chi connectivity index (χ2n) is 4.16. The van der Waals surface area contributed by atoms with Crippen molar-refractivity contribution in [2.75, 3.05) is 16.8 Å². The molecule has 0 amide bonds. The van der Waals surface area contributed by atoms with Crippen molar-refractivity contribution >= 4 is 50.0 Å². The SMILES string of the molecule is CCSCCC(C)Nc1nc2cc(Cl)ccc2s1. The predicted molar refractivity (Wildman–Crippen MR) is 85.3 cm³/mol. The number of anilines is 1. The van der Waals surface area contributed by atoms with Crippen LogP contribution in [0.2, 0.25) is 5.02 Å². The maximum absolute atomic E-state index is 5.96. The molecule has 0 aliphatic heterocycles. The summed E-state index contributed by atoms with van der Waals surface area (Å²) >= 11 is 9.62. The van der Waals surface area contributed by atoms with Gasteiger partial charge in [0.05, 0.1) is 10.2 Å². The minimum atomic E-state index is 0.458. The van der Waals surface area contributed by atoms with Crippen molar-refractivity contribution in [2.45, 2.75) is 26.3 Å². The van der Waals surface area contributed by atoms with Crippen molar-refractivity contribution in [3.8, 4) is 0 Å².